The van der Waals surface area contributed by atoms with Crippen molar-refractivity contribution in [2.24, 2.45) is 0 Å². The van der Waals surface area contributed by atoms with Gasteiger partial charge in [0.05, 0.1) is 6.54 Å². The Labute approximate surface area is 118 Å². The molecule has 3 rings (SSSR count). The second-order valence-electron chi connectivity index (χ2n) is 4.73. The van der Waals surface area contributed by atoms with Crippen LogP contribution in [0.15, 0.2) is 66.4 Å². The lowest BCUT2D eigenvalue weighted by atomic mass is 10.2. The van der Waals surface area contributed by atoms with Crippen LogP contribution in [-0.4, -0.2) is 17.5 Å². The molecule has 0 N–H and O–H groups in total. The zero-order valence-electron chi connectivity index (χ0n) is 11.0. The van der Waals surface area contributed by atoms with Crippen LogP contribution in [0, 0.1) is 0 Å². The van der Waals surface area contributed by atoms with E-state index in [0.717, 1.165) is 11.1 Å². The average Bonchev–Trinajstić information content (AvgIpc) is 2.81. The molecule has 2 aromatic rings. The molecule has 0 radical (unpaired) electrons. The summed E-state index contributed by atoms with van der Waals surface area (Å²) >= 11 is 0. The maximum Gasteiger partial charge on any atom is 0.415 e. The Hall–Kier alpha value is -2.55. The predicted molar refractivity (Wildman–Crippen MR) is 77.8 cm³/mol. The van der Waals surface area contributed by atoms with Crippen molar-refractivity contribution in [3.05, 3.63) is 77.5 Å². The zero-order chi connectivity index (χ0) is 13.8. The lowest BCUT2D eigenvalue weighted by molar-refractivity contribution is 0.167. The molecule has 1 saturated heterocycles. The molecule has 1 aliphatic rings. The van der Waals surface area contributed by atoms with Gasteiger partial charge >= 0.3 is 6.09 Å². The number of rotatable bonds is 3. The van der Waals surface area contributed by atoms with Crippen LogP contribution < -0.4 is 0 Å². The third kappa shape index (κ3) is 2.88. The third-order valence-electron chi connectivity index (χ3n) is 3.17. The number of cyclic esters (lactones) is 1. The van der Waals surface area contributed by atoms with Crippen molar-refractivity contribution < 1.29 is 9.53 Å². The van der Waals surface area contributed by atoms with Crippen LogP contribution in [0.25, 0.3) is 6.08 Å². The molecule has 3 heteroatoms. The Morgan fingerprint density at radius 1 is 1.00 bits per heavy atom. The van der Waals surface area contributed by atoms with Gasteiger partial charge in [-0.1, -0.05) is 60.7 Å². The molecule has 3 nitrogen and oxygen atoms in total. The van der Waals surface area contributed by atoms with E-state index in [9.17, 15) is 4.79 Å². The standard InChI is InChI=1S/C17H15NO2/c19-17-18(12-15-9-5-2-6-10-15)13-16(20-17)11-14-7-3-1-4-8-14/h1-11H,12-13H2/b16-11+. The quantitative estimate of drug-likeness (QED) is 0.847. The van der Waals surface area contributed by atoms with E-state index in [-0.39, 0.29) is 6.09 Å². The predicted octanol–water partition coefficient (Wildman–Crippen LogP) is 3.68. The highest BCUT2D eigenvalue weighted by atomic mass is 16.6. The fraction of sp³-hybridized carbons (Fsp3) is 0.118. The van der Waals surface area contributed by atoms with Crippen molar-refractivity contribution in [3.63, 3.8) is 0 Å². The van der Waals surface area contributed by atoms with Gasteiger partial charge in [-0.05, 0) is 17.2 Å². The number of ether oxygens (including phenoxy) is 1. The molecule has 0 atom stereocenters. The van der Waals surface area contributed by atoms with Crippen molar-refractivity contribution in [1.82, 2.24) is 4.90 Å². The minimum atomic E-state index is -0.281. The summed E-state index contributed by atoms with van der Waals surface area (Å²) in [4.78, 5) is 13.5. The minimum absolute atomic E-state index is 0.281. The number of hydrogen-bond donors (Lipinski definition) is 0. The van der Waals surface area contributed by atoms with Gasteiger partial charge in [0.25, 0.3) is 0 Å². The monoisotopic (exact) mass is 265 g/mol. The van der Waals surface area contributed by atoms with E-state index >= 15 is 0 Å². The molecule has 1 fully saturated rings. The molecule has 1 heterocycles. The smallest absolute Gasteiger partial charge is 0.413 e. The number of nitrogens with zero attached hydrogens (tertiary/aromatic N) is 1. The first-order chi connectivity index (χ1) is 9.81. The first kappa shape index (κ1) is 12.5. The summed E-state index contributed by atoms with van der Waals surface area (Å²) in [7, 11) is 0. The van der Waals surface area contributed by atoms with E-state index in [1.807, 2.05) is 66.7 Å². The van der Waals surface area contributed by atoms with E-state index in [0.29, 0.717) is 18.8 Å². The summed E-state index contributed by atoms with van der Waals surface area (Å²) in [6, 6.07) is 19.8. The molecular formula is C17H15NO2. The molecule has 0 aromatic heterocycles. The maximum atomic E-state index is 11.8. The van der Waals surface area contributed by atoms with Crippen molar-refractivity contribution in [2.45, 2.75) is 6.54 Å². The normalized spacial score (nSPS) is 16.5. The van der Waals surface area contributed by atoms with Crippen molar-refractivity contribution in [3.8, 4) is 0 Å². The summed E-state index contributed by atoms with van der Waals surface area (Å²) in [5.41, 5.74) is 2.14. The Balaban J connectivity index is 1.71. The summed E-state index contributed by atoms with van der Waals surface area (Å²) in [5.74, 6) is 0.692. The van der Waals surface area contributed by atoms with Crippen LogP contribution in [0.3, 0.4) is 0 Å². The lowest BCUT2D eigenvalue weighted by Crippen LogP contribution is -2.23. The molecule has 0 aliphatic carbocycles. The van der Waals surface area contributed by atoms with E-state index in [2.05, 4.69) is 0 Å². The fourth-order valence-electron chi connectivity index (χ4n) is 2.20. The van der Waals surface area contributed by atoms with Gasteiger partial charge in [-0.2, -0.15) is 0 Å². The number of carbonyl (C=O) groups excluding carboxylic acids is 1. The summed E-state index contributed by atoms with van der Waals surface area (Å²) in [6.07, 6.45) is 1.62. The van der Waals surface area contributed by atoms with Crippen LogP contribution in [0.5, 0.6) is 0 Å². The first-order valence-corrected chi connectivity index (χ1v) is 6.57. The van der Waals surface area contributed by atoms with E-state index in [4.69, 9.17) is 4.74 Å². The van der Waals surface area contributed by atoms with E-state index < -0.39 is 0 Å². The molecule has 2 aromatic carbocycles. The molecule has 0 saturated carbocycles. The molecular weight excluding hydrogens is 250 g/mol. The molecule has 1 amide bonds. The third-order valence-corrected chi connectivity index (χ3v) is 3.17. The highest BCUT2D eigenvalue weighted by Crippen LogP contribution is 2.19. The largest absolute Gasteiger partial charge is 0.415 e. The van der Waals surface area contributed by atoms with E-state index in [1.54, 1.807) is 4.90 Å². The van der Waals surface area contributed by atoms with Gasteiger partial charge in [0.1, 0.15) is 5.76 Å². The Morgan fingerprint density at radius 3 is 2.35 bits per heavy atom. The molecule has 20 heavy (non-hydrogen) atoms. The van der Waals surface area contributed by atoms with Crippen molar-refractivity contribution in [1.29, 1.82) is 0 Å². The van der Waals surface area contributed by atoms with Gasteiger partial charge in [-0.25, -0.2) is 4.79 Å². The van der Waals surface area contributed by atoms with Gasteiger partial charge in [-0.3, -0.25) is 4.90 Å². The van der Waals surface area contributed by atoms with Crippen molar-refractivity contribution in [2.75, 3.05) is 6.54 Å². The molecule has 0 bridgehead atoms. The Morgan fingerprint density at radius 2 is 1.65 bits per heavy atom. The summed E-state index contributed by atoms with van der Waals surface area (Å²) in [6.45, 7) is 1.09. The molecule has 100 valence electrons. The van der Waals surface area contributed by atoms with Crippen LogP contribution in [0.2, 0.25) is 0 Å². The SMILES string of the molecule is O=C1O/C(=C/c2ccccc2)CN1Cc1ccccc1. The number of benzene rings is 2. The molecule has 0 unspecified atom stereocenters. The highest BCUT2D eigenvalue weighted by molar-refractivity contribution is 5.74. The van der Waals surface area contributed by atoms with Crippen LogP contribution in [-0.2, 0) is 11.3 Å². The number of amides is 1. The average molecular weight is 265 g/mol. The van der Waals surface area contributed by atoms with Gasteiger partial charge < -0.3 is 4.74 Å². The van der Waals surface area contributed by atoms with E-state index in [1.165, 1.54) is 0 Å². The van der Waals surface area contributed by atoms with Gasteiger partial charge in [0.2, 0.25) is 0 Å². The van der Waals surface area contributed by atoms with Gasteiger partial charge in [-0.15, -0.1) is 0 Å². The van der Waals surface area contributed by atoms with Crippen LogP contribution >= 0.6 is 0 Å². The van der Waals surface area contributed by atoms with Gasteiger partial charge in [0, 0.05) is 6.54 Å². The fourth-order valence-corrected chi connectivity index (χ4v) is 2.20. The number of carbonyl (C=O) groups is 1. The molecule has 0 spiro atoms. The second kappa shape index (κ2) is 5.61. The Kier molecular flexibility index (Phi) is 3.50. The van der Waals surface area contributed by atoms with Gasteiger partial charge in [0.15, 0.2) is 0 Å². The van der Waals surface area contributed by atoms with Crippen LogP contribution in [0.1, 0.15) is 11.1 Å². The maximum absolute atomic E-state index is 11.8. The molecule has 1 aliphatic heterocycles. The summed E-state index contributed by atoms with van der Waals surface area (Å²) in [5, 5.41) is 0. The zero-order valence-corrected chi connectivity index (χ0v) is 11.0. The Bertz CT molecular complexity index is 620. The first-order valence-electron chi connectivity index (χ1n) is 6.57. The lowest BCUT2D eigenvalue weighted by Gasteiger charge is -2.11. The second-order valence-corrected chi connectivity index (χ2v) is 4.73. The number of hydrogen-bond acceptors (Lipinski definition) is 2. The van der Waals surface area contributed by atoms with Crippen molar-refractivity contribution >= 4 is 12.2 Å². The topological polar surface area (TPSA) is 29.5 Å². The van der Waals surface area contributed by atoms with Crippen LogP contribution in [0.4, 0.5) is 4.79 Å². The summed E-state index contributed by atoms with van der Waals surface area (Å²) < 4.78 is 5.30. The minimum Gasteiger partial charge on any atom is -0.413 e. The highest BCUT2D eigenvalue weighted by Gasteiger charge is 2.26.